The van der Waals surface area contributed by atoms with Crippen LogP contribution in [0.4, 0.5) is 0 Å². The summed E-state index contributed by atoms with van der Waals surface area (Å²) in [6, 6.07) is 28.1. The van der Waals surface area contributed by atoms with Gasteiger partial charge in [-0.3, -0.25) is 0 Å². The first-order chi connectivity index (χ1) is 18.9. The largest absolute Gasteiger partial charge is 0.0984 e. The number of hydrogen-bond donors (Lipinski definition) is 0. The van der Waals surface area contributed by atoms with Gasteiger partial charge in [-0.25, -0.2) is 0 Å². The Labute approximate surface area is 233 Å². The molecule has 5 aromatic carbocycles. The number of hydrogen-bond acceptors (Lipinski definition) is 0. The zero-order chi connectivity index (χ0) is 27.7. The number of fused-ring (bicyclic) bond motifs is 1. The summed E-state index contributed by atoms with van der Waals surface area (Å²) >= 11 is 0. The van der Waals surface area contributed by atoms with Crippen LogP contribution in [0, 0.1) is 20.8 Å². The van der Waals surface area contributed by atoms with Crippen molar-refractivity contribution >= 4 is 35.1 Å². The average Bonchev–Trinajstić information content (AvgIpc) is 2.97. The van der Waals surface area contributed by atoms with Crippen LogP contribution < -0.4 is 0 Å². The lowest BCUT2D eigenvalue weighted by Crippen LogP contribution is -1.99. The summed E-state index contributed by atoms with van der Waals surface area (Å²) in [5.41, 5.74) is 15.1. The lowest BCUT2D eigenvalue weighted by Gasteiger charge is -2.23. The molecule has 190 valence electrons. The van der Waals surface area contributed by atoms with Gasteiger partial charge in [0, 0.05) is 0 Å². The van der Waals surface area contributed by atoms with Crippen LogP contribution in [0.3, 0.4) is 0 Å². The van der Waals surface area contributed by atoms with Crippen molar-refractivity contribution < 1.29 is 0 Å². The summed E-state index contributed by atoms with van der Waals surface area (Å²) in [5.74, 6) is 0. The quantitative estimate of drug-likeness (QED) is 0.208. The Morgan fingerprint density at radius 2 is 0.923 bits per heavy atom. The van der Waals surface area contributed by atoms with Gasteiger partial charge in [-0.05, 0) is 104 Å². The standard InChI is InChI=1S/C39H34/c1-8-30-31(9-2)37(22-21-34(30)29-23-25(5)27(7)26(6)24-29)39-33(11-4)32(10-3)38(28-17-13-12-14-18-28)35-19-15-16-20-36(35)39/h8-24H,1-4H2,5-7H3. The van der Waals surface area contributed by atoms with E-state index in [1.165, 1.54) is 38.6 Å². The summed E-state index contributed by atoms with van der Waals surface area (Å²) in [7, 11) is 0. The molecule has 5 aromatic rings. The molecule has 0 aliphatic carbocycles. The molecule has 0 atom stereocenters. The normalized spacial score (nSPS) is 10.8. The van der Waals surface area contributed by atoms with Gasteiger partial charge in [0.15, 0.2) is 0 Å². The molecular weight excluding hydrogens is 468 g/mol. The van der Waals surface area contributed by atoms with Crippen molar-refractivity contribution in [2.24, 2.45) is 0 Å². The summed E-state index contributed by atoms with van der Waals surface area (Å²) in [4.78, 5) is 0. The first-order valence-corrected chi connectivity index (χ1v) is 13.3. The molecule has 0 unspecified atom stereocenters. The molecule has 39 heavy (non-hydrogen) atoms. The number of aryl methyl sites for hydroxylation is 2. The van der Waals surface area contributed by atoms with Crippen LogP contribution in [0.15, 0.2) is 105 Å². The third-order valence-corrected chi connectivity index (χ3v) is 7.97. The lowest BCUT2D eigenvalue weighted by molar-refractivity contribution is 1.27. The molecule has 0 saturated carbocycles. The van der Waals surface area contributed by atoms with E-state index in [-0.39, 0.29) is 0 Å². The molecular formula is C39H34. The first-order valence-electron chi connectivity index (χ1n) is 13.3. The van der Waals surface area contributed by atoms with Crippen molar-refractivity contribution in [2.45, 2.75) is 20.8 Å². The minimum Gasteiger partial charge on any atom is -0.0984 e. The number of rotatable bonds is 7. The highest BCUT2D eigenvalue weighted by Crippen LogP contribution is 2.46. The van der Waals surface area contributed by atoms with Crippen LogP contribution in [0.25, 0.3) is 68.5 Å². The summed E-state index contributed by atoms with van der Waals surface area (Å²) in [6.45, 7) is 23.5. The molecule has 0 fully saturated rings. The molecule has 5 rings (SSSR count). The van der Waals surface area contributed by atoms with Crippen LogP contribution in [0.5, 0.6) is 0 Å². The topological polar surface area (TPSA) is 0 Å². The molecule has 0 bridgehead atoms. The van der Waals surface area contributed by atoms with Gasteiger partial charge in [0.25, 0.3) is 0 Å². The Bertz CT molecular complexity index is 1750. The van der Waals surface area contributed by atoms with E-state index in [0.717, 1.165) is 44.5 Å². The van der Waals surface area contributed by atoms with Crippen LogP contribution >= 0.6 is 0 Å². The average molecular weight is 503 g/mol. The van der Waals surface area contributed by atoms with E-state index in [1.54, 1.807) is 0 Å². The highest BCUT2D eigenvalue weighted by Gasteiger charge is 2.21. The van der Waals surface area contributed by atoms with Gasteiger partial charge in [0.1, 0.15) is 0 Å². The van der Waals surface area contributed by atoms with Crippen LogP contribution in [0.2, 0.25) is 0 Å². The Morgan fingerprint density at radius 1 is 0.462 bits per heavy atom. The highest BCUT2D eigenvalue weighted by atomic mass is 14.2. The first kappa shape index (κ1) is 25.9. The summed E-state index contributed by atoms with van der Waals surface area (Å²) in [6.07, 6.45) is 7.85. The molecule has 0 aromatic heterocycles. The lowest BCUT2D eigenvalue weighted by atomic mass is 9.80. The molecule has 0 N–H and O–H groups in total. The Kier molecular flexibility index (Phi) is 7.05. The smallest absolute Gasteiger partial charge is 0.00203 e. The third-order valence-electron chi connectivity index (χ3n) is 7.97. The predicted molar refractivity (Wildman–Crippen MR) is 175 cm³/mol. The molecule has 0 heterocycles. The van der Waals surface area contributed by atoms with Crippen molar-refractivity contribution in [3.8, 4) is 33.4 Å². The van der Waals surface area contributed by atoms with Crippen molar-refractivity contribution in [3.05, 3.63) is 144 Å². The summed E-state index contributed by atoms with van der Waals surface area (Å²) < 4.78 is 0. The Balaban J connectivity index is 1.90. The fourth-order valence-electron chi connectivity index (χ4n) is 5.85. The fraction of sp³-hybridized carbons (Fsp3) is 0.0769. The van der Waals surface area contributed by atoms with E-state index < -0.39 is 0 Å². The maximum Gasteiger partial charge on any atom is -0.00203 e. The van der Waals surface area contributed by atoms with Gasteiger partial charge >= 0.3 is 0 Å². The molecule has 0 heteroatoms. The van der Waals surface area contributed by atoms with Crippen LogP contribution in [0.1, 0.15) is 38.9 Å². The molecule has 0 amide bonds. The SMILES string of the molecule is C=Cc1c(-c2cc(C)c(C)c(C)c2)ccc(-c2c(C=C)c(C=C)c(-c3ccccc3)c3ccccc23)c1C=C. The third kappa shape index (κ3) is 4.29. The Morgan fingerprint density at radius 3 is 1.49 bits per heavy atom. The zero-order valence-corrected chi connectivity index (χ0v) is 23.1. The second-order valence-corrected chi connectivity index (χ2v) is 10.0. The summed E-state index contributed by atoms with van der Waals surface area (Å²) in [5, 5.41) is 2.35. The maximum atomic E-state index is 4.26. The van der Waals surface area contributed by atoms with Crippen molar-refractivity contribution in [1.82, 2.24) is 0 Å². The van der Waals surface area contributed by atoms with Crippen molar-refractivity contribution in [3.63, 3.8) is 0 Å². The van der Waals surface area contributed by atoms with Gasteiger partial charge in [0.05, 0.1) is 0 Å². The van der Waals surface area contributed by atoms with E-state index in [2.05, 4.69) is 120 Å². The van der Waals surface area contributed by atoms with Gasteiger partial charge < -0.3 is 0 Å². The van der Waals surface area contributed by atoms with Gasteiger partial charge in [-0.15, -0.1) is 0 Å². The van der Waals surface area contributed by atoms with Gasteiger partial charge in [-0.1, -0.05) is 129 Å². The maximum absolute atomic E-state index is 4.26. The molecule has 0 saturated heterocycles. The minimum absolute atomic E-state index is 1.06. The van der Waals surface area contributed by atoms with Gasteiger partial charge in [0.2, 0.25) is 0 Å². The van der Waals surface area contributed by atoms with E-state index in [4.69, 9.17) is 0 Å². The predicted octanol–water partition coefficient (Wildman–Crippen LogP) is 11.3. The molecule has 0 radical (unpaired) electrons. The fourth-order valence-corrected chi connectivity index (χ4v) is 5.85. The van der Waals surface area contributed by atoms with E-state index in [1.807, 2.05) is 30.4 Å². The van der Waals surface area contributed by atoms with E-state index in [0.29, 0.717) is 0 Å². The molecule has 0 nitrogen and oxygen atoms in total. The van der Waals surface area contributed by atoms with Gasteiger partial charge in [-0.2, -0.15) is 0 Å². The Hall–Kier alpha value is -4.68. The number of benzene rings is 5. The zero-order valence-electron chi connectivity index (χ0n) is 23.1. The minimum atomic E-state index is 1.06. The second kappa shape index (κ2) is 10.6. The highest BCUT2D eigenvalue weighted by molar-refractivity contribution is 6.12. The van der Waals surface area contributed by atoms with Crippen LogP contribution in [-0.4, -0.2) is 0 Å². The van der Waals surface area contributed by atoms with Crippen molar-refractivity contribution in [1.29, 1.82) is 0 Å². The van der Waals surface area contributed by atoms with E-state index >= 15 is 0 Å². The second-order valence-electron chi connectivity index (χ2n) is 10.0. The van der Waals surface area contributed by atoms with E-state index in [9.17, 15) is 0 Å². The molecule has 0 aliphatic rings. The molecule has 0 spiro atoms. The van der Waals surface area contributed by atoms with Crippen LogP contribution in [-0.2, 0) is 0 Å². The van der Waals surface area contributed by atoms with Crippen molar-refractivity contribution in [2.75, 3.05) is 0 Å². The molecule has 0 aliphatic heterocycles. The monoisotopic (exact) mass is 502 g/mol.